The third-order valence-electron chi connectivity index (χ3n) is 3.27. The molecular weight excluding hydrogens is 271 g/mol. The van der Waals surface area contributed by atoms with Crippen molar-refractivity contribution in [3.05, 3.63) is 29.8 Å². The molecule has 0 saturated heterocycles. The first-order valence-corrected chi connectivity index (χ1v) is 6.64. The molecule has 104 valence electrons. The maximum Gasteiger partial charge on any atom is 0.321 e. The maximum absolute atomic E-state index is 14.1. The summed E-state index contributed by atoms with van der Waals surface area (Å²) < 4.78 is 24.3. The van der Waals surface area contributed by atoms with Crippen molar-refractivity contribution in [3.8, 4) is 5.75 Å². The largest absolute Gasteiger partial charge is 0.494 e. The topological polar surface area (TPSA) is 35.5 Å². The summed E-state index contributed by atoms with van der Waals surface area (Å²) in [6.07, 6.45) is -0.0611. The van der Waals surface area contributed by atoms with E-state index < -0.39 is 16.5 Å². The molecule has 1 fully saturated rings. The van der Waals surface area contributed by atoms with E-state index in [4.69, 9.17) is 21.1 Å². The smallest absolute Gasteiger partial charge is 0.321 e. The summed E-state index contributed by atoms with van der Waals surface area (Å²) in [5.74, 6) is 0.0570. The summed E-state index contributed by atoms with van der Waals surface area (Å²) in [4.78, 5) is 12.0. The highest BCUT2D eigenvalue weighted by Gasteiger charge is 2.75. The Kier molecular flexibility index (Phi) is 3.72. The summed E-state index contributed by atoms with van der Waals surface area (Å²) in [6.45, 7) is 4.30. The van der Waals surface area contributed by atoms with Crippen molar-refractivity contribution < 1.29 is 18.7 Å². The summed E-state index contributed by atoms with van der Waals surface area (Å²) >= 11 is 5.73. The van der Waals surface area contributed by atoms with Crippen LogP contribution in [0.3, 0.4) is 0 Å². The molecule has 0 heterocycles. The highest BCUT2D eigenvalue weighted by Crippen LogP contribution is 2.63. The van der Waals surface area contributed by atoms with Gasteiger partial charge in [0, 0.05) is 6.42 Å². The van der Waals surface area contributed by atoms with E-state index in [-0.39, 0.29) is 13.0 Å². The van der Waals surface area contributed by atoms with Crippen molar-refractivity contribution in [1.82, 2.24) is 0 Å². The highest BCUT2D eigenvalue weighted by molar-refractivity contribution is 6.29. The molecule has 0 amide bonds. The number of carbonyl (C=O) groups excluding carboxylic acids is 1. The Hall–Kier alpha value is -1.29. The number of benzene rings is 1. The van der Waals surface area contributed by atoms with E-state index in [1.165, 1.54) is 0 Å². The molecule has 0 bridgehead atoms. The molecule has 0 unspecified atom stereocenters. The molecule has 0 spiro atoms. The SMILES string of the molecule is CCOC(=O)[C@]1(c2ccc(OCC)cc2)C[C@]1(F)Cl. The summed E-state index contributed by atoms with van der Waals surface area (Å²) in [5, 5.41) is -2.06. The molecule has 1 saturated carbocycles. The zero-order valence-corrected chi connectivity index (χ0v) is 11.7. The molecule has 2 rings (SSSR count). The van der Waals surface area contributed by atoms with Crippen LogP contribution < -0.4 is 4.74 Å². The molecule has 0 aromatic heterocycles. The van der Waals surface area contributed by atoms with E-state index in [1.54, 1.807) is 31.2 Å². The van der Waals surface area contributed by atoms with Gasteiger partial charge in [-0.3, -0.25) is 4.79 Å². The molecule has 1 aliphatic rings. The fourth-order valence-corrected chi connectivity index (χ4v) is 2.58. The Morgan fingerprint density at radius 2 is 1.89 bits per heavy atom. The lowest BCUT2D eigenvalue weighted by molar-refractivity contribution is -0.147. The van der Waals surface area contributed by atoms with E-state index in [0.29, 0.717) is 17.9 Å². The van der Waals surface area contributed by atoms with Gasteiger partial charge in [0.15, 0.2) is 0 Å². The van der Waals surface area contributed by atoms with Gasteiger partial charge in [0.2, 0.25) is 5.13 Å². The minimum atomic E-state index is -2.06. The molecule has 0 N–H and O–H groups in total. The standard InChI is InChI=1S/C14H16ClFO3/c1-3-18-11-7-5-10(6-8-11)13(9-14(13,15)16)12(17)19-4-2/h5-8H,3-4,9H2,1-2H3/t13-,14-/m1/s1. The predicted octanol–water partition coefficient (Wildman–Crippen LogP) is 3.19. The van der Waals surface area contributed by atoms with Crippen molar-refractivity contribution in [1.29, 1.82) is 0 Å². The molecule has 3 nitrogen and oxygen atoms in total. The summed E-state index contributed by atoms with van der Waals surface area (Å²) in [7, 11) is 0. The molecule has 5 heteroatoms. The molecule has 1 aromatic rings. The fourth-order valence-electron chi connectivity index (χ4n) is 2.20. The Bertz CT molecular complexity index is 472. The Morgan fingerprint density at radius 1 is 1.32 bits per heavy atom. The lowest BCUT2D eigenvalue weighted by atomic mass is 9.95. The van der Waals surface area contributed by atoms with Crippen molar-refractivity contribution in [3.63, 3.8) is 0 Å². The fraction of sp³-hybridized carbons (Fsp3) is 0.500. The van der Waals surface area contributed by atoms with Gasteiger partial charge in [-0.25, -0.2) is 4.39 Å². The van der Waals surface area contributed by atoms with Gasteiger partial charge in [-0.2, -0.15) is 0 Å². The molecule has 19 heavy (non-hydrogen) atoms. The van der Waals surface area contributed by atoms with Gasteiger partial charge in [0.25, 0.3) is 0 Å². The van der Waals surface area contributed by atoms with E-state index in [1.807, 2.05) is 6.92 Å². The Balaban J connectivity index is 2.29. The quantitative estimate of drug-likeness (QED) is 0.616. The van der Waals surface area contributed by atoms with Crippen molar-refractivity contribution >= 4 is 17.6 Å². The lowest BCUT2D eigenvalue weighted by Gasteiger charge is -2.16. The number of hydrogen-bond donors (Lipinski definition) is 0. The number of hydrogen-bond acceptors (Lipinski definition) is 3. The molecule has 1 aromatic carbocycles. The van der Waals surface area contributed by atoms with Crippen molar-refractivity contribution in [2.45, 2.75) is 30.8 Å². The second-order valence-electron chi connectivity index (χ2n) is 4.46. The van der Waals surface area contributed by atoms with Crippen LogP contribution in [0.4, 0.5) is 4.39 Å². The van der Waals surface area contributed by atoms with Crippen LogP contribution in [0.5, 0.6) is 5.75 Å². The molecule has 1 aliphatic carbocycles. The molecule has 0 aliphatic heterocycles. The van der Waals surface area contributed by atoms with Gasteiger partial charge < -0.3 is 9.47 Å². The number of carbonyl (C=O) groups is 1. The highest BCUT2D eigenvalue weighted by atomic mass is 35.5. The minimum absolute atomic E-state index is 0.0611. The van der Waals surface area contributed by atoms with Crippen molar-refractivity contribution in [2.24, 2.45) is 0 Å². The van der Waals surface area contributed by atoms with E-state index in [9.17, 15) is 9.18 Å². The number of halogens is 2. The van der Waals surface area contributed by atoms with Crippen LogP contribution in [0.25, 0.3) is 0 Å². The van der Waals surface area contributed by atoms with Gasteiger partial charge in [-0.05, 0) is 31.5 Å². The third-order valence-corrected chi connectivity index (χ3v) is 3.72. The van der Waals surface area contributed by atoms with Gasteiger partial charge in [0.05, 0.1) is 13.2 Å². The second kappa shape index (κ2) is 5.00. The van der Waals surface area contributed by atoms with Gasteiger partial charge in [-0.15, -0.1) is 0 Å². The average Bonchev–Trinajstić information content (AvgIpc) is 2.96. The first-order valence-electron chi connectivity index (χ1n) is 6.26. The average molecular weight is 287 g/mol. The normalized spacial score (nSPS) is 28.8. The van der Waals surface area contributed by atoms with Crippen LogP contribution in [-0.2, 0) is 14.9 Å². The van der Waals surface area contributed by atoms with Crippen LogP contribution in [-0.4, -0.2) is 24.3 Å². The molecule has 0 radical (unpaired) electrons. The Morgan fingerprint density at radius 3 is 2.32 bits per heavy atom. The van der Waals surface area contributed by atoms with E-state index in [0.717, 1.165) is 0 Å². The Labute approximate surface area is 116 Å². The molecular formula is C14H16ClFO3. The van der Waals surface area contributed by atoms with Crippen LogP contribution in [0.1, 0.15) is 25.8 Å². The number of esters is 1. The van der Waals surface area contributed by atoms with Gasteiger partial charge in [-0.1, -0.05) is 23.7 Å². The zero-order valence-electron chi connectivity index (χ0n) is 10.9. The number of alkyl halides is 2. The summed E-state index contributed by atoms with van der Waals surface area (Å²) in [6, 6.07) is 6.72. The zero-order chi connectivity index (χ0) is 14.1. The maximum atomic E-state index is 14.1. The van der Waals surface area contributed by atoms with Crippen LogP contribution in [0, 0.1) is 0 Å². The van der Waals surface area contributed by atoms with Gasteiger partial charge >= 0.3 is 5.97 Å². The first kappa shape index (κ1) is 14.1. The first-order chi connectivity index (χ1) is 8.98. The van der Waals surface area contributed by atoms with E-state index in [2.05, 4.69) is 0 Å². The third kappa shape index (κ3) is 2.29. The van der Waals surface area contributed by atoms with Crippen LogP contribution in [0.15, 0.2) is 24.3 Å². The van der Waals surface area contributed by atoms with Crippen LogP contribution in [0.2, 0.25) is 0 Å². The number of rotatable bonds is 5. The van der Waals surface area contributed by atoms with E-state index >= 15 is 0 Å². The van der Waals surface area contributed by atoms with Crippen LogP contribution >= 0.6 is 11.6 Å². The predicted molar refractivity (Wildman–Crippen MR) is 70.2 cm³/mol. The number of ether oxygens (including phenoxy) is 2. The minimum Gasteiger partial charge on any atom is -0.494 e. The second-order valence-corrected chi connectivity index (χ2v) is 5.06. The van der Waals surface area contributed by atoms with Gasteiger partial charge in [0.1, 0.15) is 11.2 Å². The monoisotopic (exact) mass is 286 g/mol. The molecule has 2 atom stereocenters. The summed E-state index contributed by atoms with van der Waals surface area (Å²) in [5.41, 5.74) is -0.859. The lowest BCUT2D eigenvalue weighted by Crippen LogP contribution is -2.29. The van der Waals surface area contributed by atoms with Crippen molar-refractivity contribution in [2.75, 3.05) is 13.2 Å².